The van der Waals surface area contributed by atoms with Gasteiger partial charge in [-0.05, 0) is 83.0 Å². The van der Waals surface area contributed by atoms with Gasteiger partial charge in [0.25, 0.3) is 0 Å². The quantitative estimate of drug-likeness (QED) is 0.346. The van der Waals surface area contributed by atoms with E-state index in [0.29, 0.717) is 17.3 Å². The summed E-state index contributed by atoms with van der Waals surface area (Å²) in [4.78, 5) is 23.8. The topological polar surface area (TPSA) is 94.4 Å². The summed E-state index contributed by atoms with van der Waals surface area (Å²) in [6.07, 6.45) is 7.48. The van der Waals surface area contributed by atoms with Crippen LogP contribution in [0.4, 0.5) is 5.69 Å². The van der Waals surface area contributed by atoms with E-state index in [1.807, 2.05) is 54.2 Å². The van der Waals surface area contributed by atoms with Crippen molar-refractivity contribution in [2.75, 3.05) is 25.5 Å². The standard InChI is InChI=1S/C30H36N6O3/c1-20-14-21(15-28(37)34-22-17-33-36(18-22)30(2,3)4)6-9-27(20)39-29-25-16-24(7-8-26(25)31-19-32-29)38-23-10-12-35(5)13-11-23/h6-9,14,16-19,23H,10-13,15H2,1-5H3,(H,34,37). The Hall–Kier alpha value is -3.98. The summed E-state index contributed by atoms with van der Waals surface area (Å²) in [5.74, 6) is 1.84. The second kappa shape index (κ2) is 11.0. The average Bonchev–Trinajstić information content (AvgIpc) is 3.36. The molecule has 3 heterocycles. The summed E-state index contributed by atoms with van der Waals surface area (Å²) in [5, 5.41) is 8.06. The number of hydrogen-bond acceptors (Lipinski definition) is 7. The summed E-state index contributed by atoms with van der Waals surface area (Å²) in [6.45, 7) is 10.2. The number of piperidine rings is 1. The lowest BCUT2D eigenvalue weighted by molar-refractivity contribution is -0.115. The Morgan fingerprint density at radius 2 is 1.90 bits per heavy atom. The van der Waals surface area contributed by atoms with Crippen molar-refractivity contribution in [1.29, 1.82) is 0 Å². The first-order valence-corrected chi connectivity index (χ1v) is 13.4. The smallest absolute Gasteiger partial charge is 0.230 e. The number of nitrogens with one attached hydrogen (secondary N) is 1. The third-order valence-corrected chi connectivity index (χ3v) is 6.90. The normalized spacial score (nSPS) is 14.9. The number of rotatable bonds is 7. The largest absolute Gasteiger partial charge is 0.490 e. The van der Waals surface area contributed by atoms with E-state index in [0.717, 1.165) is 53.7 Å². The molecule has 2 aromatic heterocycles. The molecule has 9 heteroatoms. The monoisotopic (exact) mass is 528 g/mol. The van der Waals surface area contributed by atoms with Gasteiger partial charge < -0.3 is 19.7 Å². The number of fused-ring (bicyclic) bond motifs is 1. The minimum atomic E-state index is -0.147. The third kappa shape index (κ3) is 6.54. The lowest BCUT2D eigenvalue weighted by Gasteiger charge is -2.29. The molecular formula is C30H36N6O3. The number of aromatic nitrogens is 4. The minimum absolute atomic E-state index is 0.101. The molecule has 0 aliphatic carbocycles. The van der Waals surface area contributed by atoms with E-state index in [9.17, 15) is 4.79 Å². The molecule has 0 bridgehead atoms. The maximum absolute atomic E-state index is 12.7. The second-order valence-electron chi connectivity index (χ2n) is 11.2. The van der Waals surface area contributed by atoms with Gasteiger partial charge in [0, 0.05) is 19.3 Å². The zero-order chi connectivity index (χ0) is 27.6. The number of hydrogen-bond donors (Lipinski definition) is 1. The number of aryl methyl sites for hydroxylation is 1. The van der Waals surface area contributed by atoms with Crippen molar-refractivity contribution < 1.29 is 14.3 Å². The minimum Gasteiger partial charge on any atom is -0.490 e. The SMILES string of the molecule is Cc1cc(CC(=O)Nc2cnn(C(C)(C)C)c2)ccc1Oc1ncnc2ccc(OC3CCN(C)CC3)cc12. The van der Waals surface area contributed by atoms with E-state index in [4.69, 9.17) is 9.47 Å². The summed E-state index contributed by atoms with van der Waals surface area (Å²) in [5.41, 5.74) is 3.12. The average molecular weight is 529 g/mol. The molecule has 204 valence electrons. The maximum Gasteiger partial charge on any atom is 0.230 e. The molecule has 0 saturated carbocycles. The lowest BCUT2D eigenvalue weighted by atomic mass is 10.1. The van der Waals surface area contributed by atoms with Crippen molar-refractivity contribution in [3.8, 4) is 17.4 Å². The highest BCUT2D eigenvalue weighted by molar-refractivity contribution is 5.92. The second-order valence-corrected chi connectivity index (χ2v) is 11.2. The Bertz CT molecular complexity index is 1470. The van der Waals surface area contributed by atoms with E-state index < -0.39 is 0 Å². The molecule has 1 aliphatic rings. The molecule has 0 atom stereocenters. The molecule has 1 amide bonds. The third-order valence-electron chi connectivity index (χ3n) is 6.90. The van der Waals surface area contributed by atoms with Crippen molar-refractivity contribution in [3.63, 3.8) is 0 Å². The predicted octanol–water partition coefficient (Wildman–Crippen LogP) is 5.34. The van der Waals surface area contributed by atoms with E-state index in [1.165, 1.54) is 6.33 Å². The van der Waals surface area contributed by atoms with Crippen molar-refractivity contribution in [3.05, 3.63) is 66.2 Å². The van der Waals surface area contributed by atoms with Crippen LogP contribution < -0.4 is 14.8 Å². The van der Waals surface area contributed by atoms with Crippen molar-refractivity contribution in [2.24, 2.45) is 0 Å². The molecule has 0 radical (unpaired) electrons. The lowest BCUT2D eigenvalue weighted by Crippen LogP contribution is -2.35. The van der Waals surface area contributed by atoms with Crippen LogP contribution >= 0.6 is 0 Å². The zero-order valence-electron chi connectivity index (χ0n) is 23.3. The molecule has 0 unspecified atom stereocenters. The number of carbonyl (C=O) groups is 1. The van der Waals surface area contributed by atoms with Crippen molar-refractivity contribution in [2.45, 2.75) is 58.6 Å². The summed E-state index contributed by atoms with van der Waals surface area (Å²) in [7, 11) is 2.14. The number of nitrogens with zero attached hydrogens (tertiary/aromatic N) is 5. The van der Waals surface area contributed by atoms with Gasteiger partial charge in [0.15, 0.2) is 0 Å². The Morgan fingerprint density at radius 3 is 2.62 bits per heavy atom. The number of benzene rings is 2. The molecule has 1 N–H and O–H groups in total. The first-order chi connectivity index (χ1) is 18.6. The molecular weight excluding hydrogens is 492 g/mol. The van der Waals surface area contributed by atoms with Gasteiger partial charge in [-0.3, -0.25) is 9.48 Å². The Balaban J connectivity index is 1.26. The molecule has 1 fully saturated rings. The van der Waals surface area contributed by atoms with E-state index in [-0.39, 0.29) is 24.0 Å². The Labute approximate surface area is 229 Å². The van der Waals surface area contributed by atoms with Gasteiger partial charge in [0.05, 0.1) is 34.7 Å². The highest BCUT2D eigenvalue weighted by Gasteiger charge is 2.19. The molecule has 5 rings (SSSR count). The van der Waals surface area contributed by atoms with Crippen molar-refractivity contribution >= 4 is 22.5 Å². The number of ether oxygens (including phenoxy) is 2. The fourth-order valence-electron chi connectivity index (χ4n) is 4.65. The van der Waals surface area contributed by atoms with Gasteiger partial charge in [-0.25, -0.2) is 9.97 Å². The van der Waals surface area contributed by atoms with Gasteiger partial charge in [-0.2, -0.15) is 5.10 Å². The number of anilines is 1. The fraction of sp³-hybridized carbons (Fsp3) is 0.400. The summed E-state index contributed by atoms with van der Waals surface area (Å²) in [6, 6.07) is 11.6. The highest BCUT2D eigenvalue weighted by atomic mass is 16.5. The van der Waals surface area contributed by atoms with Crippen LogP contribution in [0.25, 0.3) is 10.9 Å². The van der Waals surface area contributed by atoms with Crippen LogP contribution in [0.2, 0.25) is 0 Å². The molecule has 1 saturated heterocycles. The van der Waals surface area contributed by atoms with E-state index in [2.05, 4.69) is 53.1 Å². The summed E-state index contributed by atoms with van der Waals surface area (Å²) >= 11 is 0. The van der Waals surface area contributed by atoms with Crippen LogP contribution in [0.5, 0.6) is 17.4 Å². The van der Waals surface area contributed by atoms with E-state index in [1.54, 1.807) is 6.20 Å². The first-order valence-electron chi connectivity index (χ1n) is 13.4. The van der Waals surface area contributed by atoms with Crippen LogP contribution in [0.3, 0.4) is 0 Å². The molecule has 9 nitrogen and oxygen atoms in total. The van der Waals surface area contributed by atoms with Crippen LogP contribution in [-0.4, -0.2) is 56.8 Å². The Kier molecular flexibility index (Phi) is 7.52. The molecule has 39 heavy (non-hydrogen) atoms. The highest BCUT2D eigenvalue weighted by Crippen LogP contribution is 2.32. The van der Waals surface area contributed by atoms with Gasteiger partial charge >= 0.3 is 0 Å². The number of likely N-dealkylation sites (tertiary alicyclic amines) is 1. The van der Waals surface area contributed by atoms with Crippen molar-refractivity contribution in [1.82, 2.24) is 24.6 Å². The first kappa shape index (κ1) is 26.6. The molecule has 2 aromatic carbocycles. The summed E-state index contributed by atoms with van der Waals surface area (Å²) < 4.78 is 14.4. The number of amides is 1. The van der Waals surface area contributed by atoms with Crippen LogP contribution in [0.1, 0.15) is 44.7 Å². The predicted molar refractivity (Wildman–Crippen MR) is 151 cm³/mol. The van der Waals surface area contributed by atoms with Gasteiger partial charge in [0.2, 0.25) is 11.8 Å². The maximum atomic E-state index is 12.7. The van der Waals surface area contributed by atoms with E-state index >= 15 is 0 Å². The van der Waals surface area contributed by atoms with Crippen LogP contribution in [0.15, 0.2) is 55.1 Å². The molecule has 1 aliphatic heterocycles. The fourth-order valence-corrected chi connectivity index (χ4v) is 4.65. The van der Waals surface area contributed by atoms with Crippen LogP contribution in [-0.2, 0) is 16.8 Å². The van der Waals surface area contributed by atoms with Gasteiger partial charge in [-0.1, -0.05) is 12.1 Å². The van der Waals surface area contributed by atoms with Crippen LogP contribution in [0, 0.1) is 6.92 Å². The van der Waals surface area contributed by atoms with Gasteiger partial charge in [0.1, 0.15) is 23.9 Å². The van der Waals surface area contributed by atoms with Gasteiger partial charge in [-0.15, -0.1) is 0 Å². The molecule has 4 aromatic rings. The zero-order valence-corrected chi connectivity index (χ0v) is 23.3. The Morgan fingerprint density at radius 1 is 1.10 bits per heavy atom. The molecule has 0 spiro atoms. The number of carbonyl (C=O) groups excluding carboxylic acids is 1.